The molecule has 0 bridgehead atoms. The van der Waals surface area contributed by atoms with Crippen LogP contribution in [0.2, 0.25) is 5.02 Å². The van der Waals surface area contributed by atoms with Gasteiger partial charge in [0, 0.05) is 21.8 Å². The summed E-state index contributed by atoms with van der Waals surface area (Å²) >= 11 is 6.41. The zero-order chi connectivity index (χ0) is 18.3. The lowest BCUT2D eigenvalue weighted by Crippen LogP contribution is -2.32. The number of halogens is 1. The second kappa shape index (κ2) is 6.31. The highest BCUT2D eigenvalue weighted by Gasteiger charge is 2.34. The molecule has 1 aliphatic rings. The Kier molecular flexibility index (Phi) is 3.97. The van der Waals surface area contributed by atoms with Gasteiger partial charge in [-0.15, -0.1) is 5.10 Å². The Balaban J connectivity index is 1.92. The lowest BCUT2D eigenvalue weighted by atomic mass is 9.95. The molecule has 3 aromatic rings. The van der Waals surface area contributed by atoms with Crippen LogP contribution in [0.1, 0.15) is 18.5 Å². The molecule has 4 rings (SSSR count). The van der Waals surface area contributed by atoms with Crippen molar-refractivity contribution in [2.45, 2.75) is 13.0 Å². The van der Waals surface area contributed by atoms with Crippen molar-refractivity contribution >= 4 is 23.5 Å². The van der Waals surface area contributed by atoms with Crippen LogP contribution >= 0.6 is 11.6 Å². The van der Waals surface area contributed by atoms with Crippen molar-refractivity contribution in [3.63, 3.8) is 0 Å². The molecule has 0 fully saturated rings. The Hall–Kier alpha value is -3.12. The summed E-state index contributed by atoms with van der Waals surface area (Å²) in [6, 6.07) is 16.5. The van der Waals surface area contributed by atoms with Gasteiger partial charge in [-0.25, -0.2) is 4.68 Å². The molecule has 2 heterocycles. The molecule has 0 spiro atoms. The van der Waals surface area contributed by atoms with Gasteiger partial charge in [0.05, 0.1) is 5.57 Å². The lowest BCUT2D eigenvalue weighted by molar-refractivity contribution is -0.115. The topological polar surface area (TPSA) is 85.8 Å². The first-order valence-corrected chi connectivity index (χ1v) is 8.48. The average molecular weight is 366 g/mol. The number of rotatable bonds is 3. The summed E-state index contributed by atoms with van der Waals surface area (Å²) in [5, 5.41) is 8.29. The van der Waals surface area contributed by atoms with E-state index >= 15 is 0 Å². The van der Waals surface area contributed by atoms with E-state index in [2.05, 4.69) is 15.4 Å². The van der Waals surface area contributed by atoms with Crippen LogP contribution in [-0.2, 0) is 4.79 Å². The maximum atomic E-state index is 12.2. The first-order chi connectivity index (χ1) is 12.6. The molecule has 2 aromatic carbocycles. The van der Waals surface area contributed by atoms with E-state index in [4.69, 9.17) is 17.3 Å². The third kappa shape index (κ3) is 2.64. The minimum atomic E-state index is -0.539. The normalized spacial score (nSPS) is 16.2. The Labute approximate surface area is 155 Å². The first-order valence-electron chi connectivity index (χ1n) is 8.10. The molecule has 1 amide bonds. The van der Waals surface area contributed by atoms with Crippen LogP contribution in [0.25, 0.3) is 11.4 Å². The third-order valence-electron chi connectivity index (χ3n) is 4.35. The molecule has 0 radical (unpaired) electrons. The highest BCUT2D eigenvalue weighted by molar-refractivity contribution is 6.31. The van der Waals surface area contributed by atoms with Crippen molar-refractivity contribution in [3.8, 4) is 11.4 Å². The minimum absolute atomic E-state index is 0.412. The van der Waals surface area contributed by atoms with Crippen molar-refractivity contribution in [2.24, 2.45) is 5.73 Å². The highest BCUT2D eigenvalue weighted by Crippen LogP contribution is 2.38. The number of fused-ring (bicyclic) bond motifs is 1. The monoisotopic (exact) mass is 365 g/mol. The van der Waals surface area contributed by atoms with Crippen molar-refractivity contribution in [3.05, 3.63) is 76.5 Å². The molecule has 0 aliphatic carbocycles. The number of amides is 1. The predicted molar refractivity (Wildman–Crippen MR) is 101 cm³/mol. The van der Waals surface area contributed by atoms with Crippen LogP contribution in [0.4, 0.5) is 5.95 Å². The SMILES string of the molecule is CC1=C(C(N)=O)C(c2ccccc2Cl)n2nc(-c3ccccc3)nc2N1. The maximum Gasteiger partial charge on any atom is 0.248 e. The average Bonchev–Trinajstić information content (AvgIpc) is 3.05. The van der Waals surface area contributed by atoms with Crippen LogP contribution < -0.4 is 11.1 Å². The summed E-state index contributed by atoms with van der Waals surface area (Å²) in [6.07, 6.45) is 0. The van der Waals surface area contributed by atoms with E-state index in [-0.39, 0.29) is 0 Å². The quantitative estimate of drug-likeness (QED) is 0.745. The Morgan fingerprint density at radius 2 is 1.85 bits per heavy atom. The van der Waals surface area contributed by atoms with E-state index in [1.165, 1.54) is 0 Å². The second-order valence-electron chi connectivity index (χ2n) is 6.02. The summed E-state index contributed by atoms with van der Waals surface area (Å²) in [5.41, 5.74) is 8.35. The first kappa shape index (κ1) is 16.4. The zero-order valence-electron chi connectivity index (χ0n) is 14.0. The fraction of sp³-hybridized carbons (Fsp3) is 0.105. The van der Waals surface area contributed by atoms with Gasteiger partial charge in [-0.05, 0) is 13.0 Å². The molecule has 26 heavy (non-hydrogen) atoms. The summed E-state index contributed by atoms with van der Waals surface area (Å²) in [6.45, 7) is 1.80. The molecule has 1 atom stereocenters. The number of primary amides is 1. The molecule has 6 nitrogen and oxygen atoms in total. The van der Waals surface area contributed by atoms with E-state index in [9.17, 15) is 4.79 Å². The standard InChI is InChI=1S/C19H16ClN5O/c1-11-15(17(21)26)16(13-9-5-6-10-14(13)20)25-19(22-11)23-18(24-25)12-7-3-2-4-8-12/h2-10,16H,1H3,(H2,21,26)(H,22,23,24). The minimum Gasteiger partial charge on any atom is -0.366 e. The van der Waals surface area contributed by atoms with Crippen molar-refractivity contribution in [1.29, 1.82) is 0 Å². The number of hydrogen-bond donors (Lipinski definition) is 2. The molecule has 0 saturated heterocycles. The van der Waals surface area contributed by atoms with Crippen LogP contribution in [0, 0.1) is 0 Å². The molecule has 7 heteroatoms. The van der Waals surface area contributed by atoms with Crippen molar-refractivity contribution < 1.29 is 4.79 Å². The van der Waals surface area contributed by atoms with Gasteiger partial charge >= 0.3 is 0 Å². The number of benzene rings is 2. The molecular formula is C19H16ClN5O. The fourth-order valence-electron chi connectivity index (χ4n) is 3.16. The molecule has 3 N–H and O–H groups in total. The number of anilines is 1. The second-order valence-corrected chi connectivity index (χ2v) is 6.43. The van der Waals surface area contributed by atoms with Crippen LogP contribution in [0.5, 0.6) is 0 Å². The molecule has 130 valence electrons. The predicted octanol–water partition coefficient (Wildman–Crippen LogP) is 3.37. The largest absolute Gasteiger partial charge is 0.366 e. The Morgan fingerprint density at radius 1 is 1.15 bits per heavy atom. The lowest BCUT2D eigenvalue weighted by Gasteiger charge is -2.28. The summed E-state index contributed by atoms with van der Waals surface area (Å²) in [5.74, 6) is 0.572. The smallest absolute Gasteiger partial charge is 0.248 e. The van der Waals surface area contributed by atoms with Crippen LogP contribution in [-0.4, -0.2) is 20.7 Å². The molecule has 1 aliphatic heterocycles. The Morgan fingerprint density at radius 3 is 2.54 bits per heavy atom. The van der Waals surface area contributed by atoms with Crippen molar-refractivity contribution in [1.82, 2.24) is 14.8 Å². The van der Waals surface area contributed by atoms with Gasteiger partial charge in [0.2, 0.25) is 11.9 Å². The summed E-state index contributed by atoms with van der Waals surface area (Å²) < 4.78 is 1.66. The van der Waals surface area contributed by atoms with E-state index in [0.717, 1.165) is 11.1 Å². The number of nitrogens with zero attached hydrogens (tertiary/aromatic N) is 3. The number of nitrogens with two attached hydrogens (primary N) is 1. The van der Waals surface area contributed by atoms with Gasteiger partial charge < -0.3 is 11.1 Å². The van der Waals surface area contributed by atoms with Gasteiger partial charge in [-0.2, -0.15) is 4.98 Å². The zero-order valence-corrected chi connectivity index (χ0v) is 14.7. The summed E-state index contributed by atoms with van der Waals surface area (Å²) in [4.78, 5) is 16.7. The Bertz CT molecular complexity index is 1030. The fourth-order valence-corrected chi connectivity index (χ4v) is 3.40. The number of hydrogen-bond acceptors (Lipinski definition) is 4. The summed E-state index contributed by atoms with van der Waals surface area (Å²) in [7, 11) is 0. The van der Waals surface area contributed by atoms with Crippen LogP contribution in [0.3, 0.4) is 0 Å². The van der Waals surface area contributed by atoms with E-state index in [0.29, 0.717) is 28.1 Å². The van der Waals surface area contributed by atoms with E-state index in [1.54, 1.807) is 17.7 Å². The van der Waals surface area contributed by atoms with Crippen LogP contribution in [0.15, 0.2) is 65.9 Å². The van der Waals surface area contributed by atoms with Gasteiger partial charge in [-0.3, -0.25) is 4.79 Å². The van der Waals surface area contributed by atoms with Gasteiger partial charge in [0.25, 0.3) is 0 Å². The van der Waals surface area contributed by atoms with E-state index < -0.39 is 11.9 Å². The number of carbonyl (C=O) groups is 1. The van der Waals surface area contributed by atoms with Gasteiger partial charge in [0.15, 0.2) is 5.82 Å². The molecule has 1 aromatic heterocycles. The number of nitrogens with one attached hydrogen (secondary N) is 1. The number of allylic oxidation sites excluding steroid dienone is 1. The van der Waals surface area contributed by atoms with Crippen molar-refractivity contribution in [2.75, 3.05) is 5.32 Å². The van der Waals surface area contributed by atoms with E-state index in [1.807, 2.05) is 48.5 Å². The molecule has 0 saturated carbocycles. The number of aromatic nitrogens is 3. The third-order valence-corrected chi connectivity index (χ3v) is 4.69. The van der Waals surface area contributed by atoms with Gasteiger partial charge in [-0.1, -0.05) is 60.1 Å². The highest BCUT2D eigenvalue weighted by atomic mass is 35.5. The molecule has 1 unspecified atom stereocenters. The van der Waals surface area contributed by atoms with Gasteiger partial charge in [0.1, 0.15) is 6.04 Å². The number of carbonyl (C=O) groups excluding carboxylic acids is 1. The molecular weight excluding hydrogens is 350 g/mol. The maximum absolute atomic E-state index is 12.2.